The second-order valence-corrected chi connectivity index (χ2v) is 12.1. The number of halogens is 1. The van der Waals surface area contributed by atoms with Crippen LogP contribution in [-0.2, 0) is 10.2 Å². The number of hydrogen-bond donors (Lipinski definition) is 1. The van der Waals surface area contributed by atoms with Gasteiger partial charge in [0, 0.05) is 22.3 Å². The summed E-state index contributed by atoms with van der Waals surface area (Å²) in [5.74, 6) is 2.22. The van der Waals surface area contributed by atoms with Gasteiger partial charge in [-0.3, -0.25) is 9.36 Å². The highest BCUT2D eigenvalue weighted by molar-refractivity contribution is 7.99. The molecule has 1 fully saturated rings. The Balaban J connectivity index is 1.57. The van der Waals surface area contributed by atoms with Crippen molar-refractivity contribution in [3.63, 3.8) is 0 Å². The number of thioether (sulfide) groups is 1. The Hall–Kier alpha value is -2.31. The van der Waals surface area contributed by atoms with Gasteiger partial charge in [-0.25, -0.2) is 0 Å². The molecule has 3 atom stereocenters. The molecule has 1 amide bonds. The molecule has 1 aliphatic carbocycles. The number of rotatable bonds is 6. The lowest BCUT2D eigenvalue weighted by atomic mass is 9.78. The normalized spacial score (nSPS) is 20.6. The molecule has 1 aliphatic rings. The second-order valence-electron chi connectivity index (χ2n) is 10.7. The molecule has 4 rings (SSSR count). The van der Waals surface area contributed by atoms with E-state index in [1.165, 1.54) is 30.2 Å². The van der Waals surface area contributed by atoms with Crippen LogP contribution in [0.2, 0.25) is 5.02 Å². The molecule has 3 aromatic rings. The molecular weight excluding hydrogens is 476 g/mol. The summed E-state index contributed by atoms with van der Waals surface area (Å²) >= 11 is 7.56. The molecule has 0 bridgehead atoms. The lowest BCUT2D eigenvalue weighted by Gasteiger charge is -2.34. The third-order valence-corrected chi connectivity index (χ3v) is 8.29. The van der Waals surface area contributed by atoms with Gasteiger partial charge in [-0.15, -0.1) is 10.2 Å². The summed E-state index contributed by atoms with van der Waals surface area (Å²) in [7, 11) is 0. The van der Waals surface area contributed by atoms with Gasteiger partial charge < -0.3 is 5.32 Å². The Morgan fingerprint density at radius 1 is 1.06 bits per heavy atom. The first-order chi connectivity index (χ1) is 16.6. The minimum Gasteiger partial charge on any atom is -0.352 e. The minimum absolute atomic E-state index is 0.0442. The van der Waals surface area contributed by atoms with Crippen LogP contribution in [0.25, 0.3) is 17.1 Å². The molecule has 7 heteroatoms. The number of amides is 1. The average Bonchev–Trinajstić information content (AvgIpc) is 3.25. The zero-order chi connectivity index (χ0) is 25.2. The highest BCUT2D eigenvalue weighted by atomic mass is 35.5. The van der Waals surface area contributed by atoms with Gasteiger partial charge in [-0.05, 0) is 53.5 Å². The van der Waals surface area contributed by atoms with Crippen molar-refractivity contribution in [2.45, 2.75) is 70.5 Å². The minimum atomic E-state index is 0.0442. The molecule has 0 saturated heterocycles. The fourth-order valence-electron chi connectivity index (χ4n) is 4.66. The molecule has 1 aromatic heterocycles. The molecule has 1 heterocycles. The van der Waals surface area contributed by atoms with Gasteiger partial charge in [0.1, 0.15) is 0 Å². The van der Waals surface area contributed by atoms with Crippen LogP contribution in [0, 0.1) is 11.8 Å². The maximum atomic E-state index is 12.8. The van der Waals surface area contributed by atoms with Gasteiger partial charge in [0.25, 0.3) is 0 Å². The first-order valence-electron chi connectivity index (χ1n) is 12.4. The van der Waals surface area contributed by atoms with E-state index in [0.29, 0.717) is 27.8 Å². The summed E-state index contributed by atoms with van der Waals surface area (Å²) in [4.78, 5) is 12.8. The van der Waals surface area contributed by atoms with E-state index in [-0.39, 0.29) is 17.4 Å². The van der Waals surface area contributed by atoms with E-state index in [9.17, 15) is 4.79 Å². The summed E-state index contributed by atoms with van der Waals surface area (Å²) in [5.41, 5.74) is 3.22. The van der Waals surface area contributed by atoms with E-state index >= 15 is 0 Å². The Bertz CT molecular complexity index is 1150. The topological polar surface area (TPSA) is 59.8 Å². The van der Waals surface area contributed by atoms with Gasteiger partial charge in [-0.1, -0.05) is 95.1 Å². The van der Waals surface area contributed by atoms with E-state index < -0.39 is 0 Å². The average molecular weight is 511 g/mol. The predicted molar refractivity (Wildman–Crippen MR) is 145 cm³/mol. The quantitative estimate of drug-likeness (QED) is 0.366. The van der Waals surface area contributed by atoms with Crippen LogP contribution in [0.3, 0.4) is 0 Å². The highest BCUT2D eigenvalue weighted by Gasteiger charge is 2.28. The Morgan fingerprint density at radius 2 is 1.74 bits per heavy atom. The highest BCUT2D eigenvalue weighted by Crippen LogP contribution is 2.32. The Morgan fingerprint density at radius 3 is 2.40 bits per heavy atom. The molecule has 0 spiro atoms. The zero-order valence-corrected chi connectivity index (χ0v) is 22.8. The number of nitrogens with zero attached hydrogens (tertiary/aromatic N) is 3. The number of carbonyl (C=O) groups is 1. The third kappa shape index (κ3) is 6.10. The van der Waals surface area contributed by atoms with Crippen molar-refractivity contribution in [3.05, 3.63) is 59.1 Å². The van der Waals surface area contributed by atoms with Crippen LogP contribution in [0.15, 0.2) is 53.7 Å². The molecule has 0 unspecified atom stereocenters. The van der Waals surface area contributed by atoms with Crippen molar-refractivity contribution in [1.82, 2.24) is 20.1 Å². The van der Waals surface area contributed by atoms with Crippen molar-refractivity contribution in [3.8, 4) is 17.1 Å². The summed E-state index contributed by atoms with van der Waals surface area (Å²) in [6, 6.07) is 16.3. The molecule has 0 radical (unpaired) electrons. The van der Waals surface area contributed by atoms with E-state index in [2.05, 4.69) is 74.4 Å². The number of aromatic nitrogens is 3. The van der Waals surface area contributed by atoms with E-state index in [0.717, 1.165) is 23.5 Å². The van der Waals surface area contributed by atoms with Crippen molar-refractivity contribution in [2.75, 3.05) is 5.75 Å². The Labute approximate surface area is 218 Å². The standard InChI is InChI=1S/C28H35ClN4OS/c1-18-7-6-8-24(19(18)2)30-25(34)17-35-27-32-31-26(33(27)23-15-13-22(29)14-16-23)20-9-11-21(12-10-20)28(3,4)5/h9-16,18-19,24H,6-8,17H2,1-5H3,(H,30,34)/t18-,19+,24+/m1/s1. The zero-order valence-electron chi connectivity index (χ0n) is 21.2. The van der Waals surface area contributed by atoms with E-state index in [1.54, 1.807) is 0 Å². The fourth-order valence-corrected chi connectivity index (χ4v) is 5.55. The largest absolute Gasteiger partial charge is 0.352 e. The first kappa shape index (κ1) is 25.8. The second kappa shape index (κ2) is 10.8. The number of nitrogens with one attached hydrogen (secondary N) is 1. The summed E-state index contributed by atoms with van der Waals surface area (Å²) < 4.78 is 2.01. The van der Waals surface area contributed by atoms with Gasteiger partial charge in [0.05, 0.1) is 5.75 Å². The van der Waals surface area contributed by atoms with Gasteiger partial charge >= 0.3 is 0 Å². The summed E-state index contributed by atoms with van der Waals surface area (Å²) in [6.07, 6.45) is 3.47. The summed E-state index contributed by atoms with van der Waals surface area (Å²) in [6.45, 7) is 11.1. The fraction of sp³-hybridized carbons (Fsp3) is 0.464. The lowest BCUT2D eigenvalue weighted by Crippen LogP contribution is -2.44. The molecule has 1 saturated carbocycles. The van der Waals surface area contributed by atoms with Gasteiger partial charge in [-0.2, -0.15) is 0 Å². The number of carbonyl (C=O) groups excluding carboxylic acids is 1. The number of benzene rings is 2. The Kier molecular flexibility index (Phi) is 7.92. The van der Waals surface area contributed by atoms with Crippen molar-refractivity contribution >= 4 is 29.3 Å². The number of hydrogen-bond acceptors (Lipinski definition) is 4. The van der Waals surface area contributed by atoms with Gasteiger partial charge in [0.2, 0.25) is 5.91 Å². The SMILES string of the molecule is C[C@H]1[C@H](C)CCC[C@@H]1NC(=O)CSc1nnc(-c2ccc(C(C)(C)C)cc2)n1-c1ccc(Cl)cc1. The molecule has 35 heavy (non-hydrogen) atoms. The maximum absolute atomic E-state index is 12.8. The first-order valence-corrected chi connectivity index (χ1v) is 13.7. The monoisotopic (exact) mass is 510 g/mol. The third-order valence-electron chi connectivity index (χ3n) is 7.11. The van der Waals surface area contributed by atoms with Crippen LogP contribution < -0.4 is 5.32 Å². The molecule has 186 valence electrons. The van der Waals surface area contributed by atoms with Crippen LogP contribution in [0.1, 0.15) is 59.4 Å². The van der Waals surface area contributed by atoms with Crippen LogP contribution in [-0.4, -0.2) is 32.5 Å². The lowest BCUT2D eigenvalue weighted by molar-refractivity contribution is -0.120. The molecule has 1 N–H and O–H groups in total. The molecule has 2 aromatic carbocycles. The molecule has 0 aliphatic heterocycles. The van der Waals surface area contributed by atoms with Crippen LogP contribution in [0.4, 0.5) is 0 Å². The molecule has 5 nitrogen and oxygen atoms in total. The predicted octanol–water partition coefficient (Wildman–Crippen LogP) is 6.92. The van der Waals surface area contributed by atoms with Crippen LogP contribution in [0.5, 0.6) is 0 Å². The maximum Gasteiger partial charge on any atom is 0.230 e. The summed E-state index contributed by atoms with van der Waals surface area (Å²) in [5, 5.41) is 13.6. The van der Waals surface area contributed by atoms with E-state index in [1.807, 2.05) is 28.8 Å². The molecular formula is C28H35ClN4OS. The van der Waals surface area contributed by atoms with Crippen molar-refractivity contribution < 1.29 is 4.79 Å². The van der Waals surface area contributed by atoms with Crippen LogP contribution >= 0.6 is 23.4 Å². The van der Waals surface area contributed by atoms with Gasteiger partial charge in [0.15, 0.2) is 11.0 Å². The van der Waals surface area contributed by atoms with Crippen molar-refractivity contribution in [1.29, 1.82) is 0 Å². The van der Waals surface area contributed by atoms with Crippen molar-refractivity contribution in [2.24, 2.45) is 11.8 Å². The smallest absolute Gasteiger partial charge is 0.230 e. The van der Waals surface area contributed by atoms with E-state index in [4.69, 9.17) is 11.6 Å².